The van der Waals surface area contributed by atoms with Crippen LogP contribution in [-0.2, 0) is 9.59 Å². The number of likely N-dealkylation sites (tertiary alicyclic amines) is 1. The molecule has 1 amide bonds. The second kappa shape index (κ2) is 4.64. The van der Waals surface area contributed by atoms with Gasteiger partial charge in [-0.15, -0.1) is 0 Å². The van der Waals surface area contributed by atoms with Crippen LogP contribution in [0.4, 0.5) is 0 Å². The summed E-state index contributed by atoms with van der Waals surface area (Å²) in [5.41, 5.74) is -0.412. The smallest absolute Gasteiger partial charge is 0.326 e. The lowest BCUT2D eigenvalue weighted by Gasteiger charge is -2.37. The SMILES string of the molecule is CC1(C(=O)N2CCCC[C@H]2C(=O)O)CCNC1. The van der Waals surface area contributed by atoms with Crippen LogP contribution in [-0.4, -0.2) is 47.6 Å². The molecule has 5 nitrogen and oxygen atoms in total. The van der Waals surface area contributed by atoms with Gasteiger partial charge in [-0.05, 0) is 39.2 Å². The summed E-state index contributed by atoms with van der Waals surface area (Å²) in [5.74, 6) is -0.859. The Kier molecular flexibility index (Phi) is 3.38. The minimum Gasteiger partial charge on any atom is -0.480 e. The number of carboxylic acid groups (broad SMARTS) is 1. The number of carbonyl (C=O) groups is 2. The van der Waals surface area contributed by atoms with Gasteiger partial charge < -0.3 is 15.3 Å². The molecule has 0 spiro atoms. The maximum Gasteiger partial charge on any atom is 0.326 e. The van der Waals surface area contributed by atoms with Gasteiger partial charge in [-0.2, -0.15) is 0 Å². The van der Waals surface area contributed by atoms with Crippen molar-refractivity contribution in [2.75, 3.05) is 19.6 Å². The molecule has 1 unspecified atom stereocenters. The summed E-state index contributed by atoms with van der Waals surface area (Å²) in [7, 11) is 0. The molecule has 0 aromatic rings. The van der Waals surface area contributed by atoms with E-state index in [-0.39, 0.29) is 5.91 Å². The first-order chi connectivity index (χ1) is 8.04. The lowest BCUT2D eigenvalue weighted by molar-refractivity contribution is -0.156. The molecule has 5 heteroatoms. The van der Waals surface area contributed by atoms with Crippen molar-refractivity contribution in [1.82, 2.24) is 10.2 Å². The fourth-order valence-corrected chi connectivity index (χ4v) is 2.78. The number of hydrogen-bond acceptors (Lipinski definition) is 3. The van der Waals surface area contributed by atoms with Crippen LogP contribution in [0.1, 0.15) is 32.6 Å². The monoisotopic (exact) mass is 240 g/mol. The molecule has 0 aliphatic carbocycles. The van der Waals surface area contributed by atoms with Crippen LogP contribution in [0.3, 0.4) is 0 Å². The summed E-state index contributed by atoms with van der Waals surface area (Å²) >= 11 is 0. The first-order valence-corrected chi connectivity index (χ1v) is 6.29. The molecule has 0 aromatic heterocycles. The van der Waals surface area contributed by atoms with Gasteiger partial charge in [0.05, 0.1) is 5.41 Å². The summed E-state index contributed by atoms with van der Waals surface area (Å²) in [6.07, 6.45) is 3.20. The molecule has 2 saturated heterocycles. The molecule has 2 atom stereocenters. The highest BCUT2D eigenvalue weighted by molar-refractivity contribution is 5.88. The highest BCUT2D eigenvalue weighted by Gasteiger charge is 2.43. The summed E-state index contributed by atoms with van der Waals surface area (Å²) in [6.45, 7) is 4.02. The van der Waals surface area contributed by atoms with E-state index in [0.717, 1.165) is 25.8 Å². The highest BCUT2D eigenvalue weighted by Crippen LogP contribution is 2.30. The number of aliphatic carboxylic acids is 1. The minimum atomic E-state index is -0.868. The molecule has 2 fully saturated rings. The molecule has 96 valence electrons. The zero-order valence-electron chi connectivity index (χ0n) is 10.2. The lowest BCUT2D eigenvalue weighted by atomic mass is 9.86. The second-order valence-electron chi connectivity index (χ2n) is 5.34. The summed E-state index contributed by atoms with van der Waals surface area (Å²) < 4.78 is 0. The molecule has 2 aliphatic rings. The first-order valence-electron chi connectivity index (χ1n) is 6.29. The van der Waals surface area contributed by atoms with Crippen molar-refractivity contribution in [3.63, 3.8) is 0 Å². The van der Waals surface area contributed by atoms with Gasteiger partial charge in [0.25, 0.3) is 0 Å². The van der Waals surface area contributed by atoms with Crippen molar-refractivity contribution in [2.24, 2.45) is 5.41 Å². The Hall–Kier alpha value is -1.10. The normalized spacial score (nSPS) is 33.7. The van der Waals surface area contributed by atoms with E-state index in [4.69, 9.17) is 0 Å². The summed E-state index contributed by atoms with van der Waals surface area (Å²) in [5, 5.41) is 12.4. The number of rotatable bonds is 2. The van der Waals surface area contributed by atoms with Crippen molar-refractivity contribution < 1.29 is 14.7 Å². The Balaban J connectivity index is 2.13. The van der Waals surface area contributed by atoms with Gasteiger partial charge in [-0.3, -0.25) is 4.79 Å². The van der Waals surface area contributed by atoms with Crippen molar-refractivity contribution in [1.29, 1.82) is 0 Å². The van der Waals surface area contributed by atoms with E-state index in [0.29, 0.717) is 19.5 Å². The standard InChI is InChI=1S/C12H20N2O3/c1-12(5-6-13-8-12)11(17)14-7-3-2-4-9(14)10(15)16/h9,13H,2-8H2,1H3,(H,15,16)/t9-,12?/m0/s1. The molecule has 2 aliphatic heterocycles. The third kappa shape index (κ3) is 2.29. The number of hydrogen-bond donors (Lipinski definition) is 2. The van der Waals surface area contributed by atoms with Gasteiger partial charge >= 0.3 is 5.97 Å². The zero-order chi connectivity index (χ0) is 12.5. The van der Waals surface area contributed by atoms with Gasteiger partial charge in [0.15, 0.2) is 0 Å². The Morgan fingerprint density at radius 3 is 2.76 bits per heavy atom. The third-order valence-corrected chi connectivity index (χ3v) is 3.93. The number of carbonyl (C=O) groups excluding carboxylic acids is 1. The van der Waals surface area contributed by atoms with Crippen molar-refractivity contribution in [2.45, 2.75) is 38.6 Å². The number of nitrogens with one attached hydrogen (secondary N) is 1. The number of carboxylic acids is 1. The van der Waals surface area contributed by atoms with Crippen LogP contribution in [0.2, 0.25) is 0 Å². The van der Waals surface area contributed by atoms with Crippen LogP contribution in [0.5, 0.6) is 0 Å². The van der Waals surface area contributed by atoms with Gasteiger partial charge in [0.2, 0.25) is 5.91 Å². The highest BCUT2D eigenvalue weighted by atomic mass is 16.4. The van der Waals surface area contributed by atoms with Gasteiger partial charge in [0.1, 0.15) is 6.04 Å². The van der Waals surface area contributed by atoms with Crippen LogP contribution >= 0.6 is 0 Å². The van der Waals surface area contributed by atoms with Crippen molar-refractivity contribution in [3.8, 4) is 0 Å². The molecular formula is C12H20N2O3. The van der Waals surface area contributed by atoms with E-state index in [1.807, 2.05) is 6.92 Å². The van der Waals surface area contributed by atoms with E-state index in [1.54, 1.807) is 4.90 Å². The maximum atomic E-state index is 12.5. The maximum absolute atomic E-state index is 12.5. The predicted octanol–water partition coefficient (Wildman–Crippen LogP) is 0.452. The van der Waals surface area contributed by atoms with Crippen molar-refractivity contribution >= 4 is 11.9 Å². The Morgan fingerprint density at radius 2 is 2.18 bits per heavy atom. The average molecular weight is 240 g/mol. The number of piperidine rings is 1. The fourth-order valence-electron chi connectivity index (χ4n) is 2.78. The van der Waals surface area contributed by atoms with E-state index >= 15 is 0 Å². The fraction of sp³-hybridized carbons (Fsp3) is 0.833. The minimum absolute atomic E-state index is 0.00889. The Labute approximate surface area is 101 Å². The zero-order valence-corrected chi connectivity index (χ0v) is 10.2. The molecule has 2 rings (SSSR count). The van der Waals surface area contributed by atoms with E-state index < -0.39 is 17.4 Å². The van der Waals surface area contributed by atoms with Gasteiger partial charge in [0, 0.05) is 13.1 Å². The molecule has 0 radical (unpaired) electrons. The van der Waals surface area contributed by atoms with E-state index in [9.17, 15) is 14.7 Å². The molecule has 0 aromatic carbocycles. The van der Waals surface area contributed by atoms with E-state index in [1.165, 1.54) is 0 Å². The number of nitrogens with zero attached hydrogens (tertiary/aromatic N) is 1. The first kappa shape index (κ1) is 12.4. The van der Waals surface area contributed by atoms with Crippen LogP contribution in [0.15, 0.2) is 0 Å². The molecule has 0 saturated carbocycles. The van der Waals surface area contributed by atoms with E-state index in [2.05, 4.69) is 5.32 Å². The average Bonchev–Trinajstić information content (AvgIpc) is 2.76. The molecule has 2 N–H and O–H groups in total. The van der Waals surface area contributed by atoms with Crippen LogP contribution in [0, 0.1) is 5.41 Å². The predicted molar refractivity (Wildman–Crippen MR) is 62.6 cm³/mol. The molecule has 17 heavy (non-hydrogen) atoms. The van der Waals surface area contributed by atoms with Crippen LogP contribution in [0.25, 0.3) is 0 Å². The lowest BCUT2D eigenvalue weighted by Crippen LogP contribution is -2.53. The number of amides is 1. The Morgan fingerprint density at radius 1 is 1.41 bits per heavy atom. The molecule has 0 bridgehead atoms. The van der Waals surface area contributed by atoms with Gasteiger partial charge in [-0.1, -0.05) is 0 Å². The summed E-state index contributed by atoms with van der Waals surface area (Å²) in [6, 6.07) is -0.617. The Bertz CT molecular complexity index is 324. The third-order valence-electron chi connectivity index (χ3n) is 3.93. The van der Waals surface area contributed by atoms with Crippen LogP contribution < -0.4 is 5.32 Å². The summed E-state index contributed by atoms with van der Waals surface area (Å²) in [4.78, 5) is 25.2. The largest absolute Gasteiger partial charge is 0.480 e. The van der Waals surface area contributed by atoms with Gasteiger partial charge in [-0.25, -0.2) is 4.79 Å². The molecular weight excluding hydrogens is 220 g/mol. The topological polar surface area (TPSA) is 69.6 Å². The molecule has 2 heterocycles. The quantitative estimate of drug-likeness (QED) is 0.735. The van der Waals surface area contributed by atoms with Crippen molar-refractivity contribution in [3.05, 3.63) is 0 Å². The second-order valence-corrected chi connectivity index (χ2v) is 5.34.